The van der Waals surface area contributed by atoms with E-state index < -0.39 is 18.3 Å². The molecule has 0 aliphatic carbocycles. The molecule has 5 nitrogen and oxygen atoms in total. The lowest BCUT2D eigenvalue weighted by atomic mass is 9.77. The summed E-state index contributed by atoms with van der Waals surface area (Å²) in [5.41, 5.74) is 8.67. The first-order chi connectivity index (χ1) is 11.0. The second-order valence-electron chi connectivity index (χ2n) is 7.39. The number of amides is 1. The van der Waals surface area contributed by atoms with Gasteiger partial charge in [-0.05, 0) is 63.4 Å². The van der Waals surface area contributed by atoms with Crippen LogP contribution in [0, 0.1) is 6.92 Å². The van der Waals surface area contributed by atoms with Crippen LogP contribution in [0.25, 0.3) is 6.08 Å². The van der Waals surface area contributed by atoms with Gasteiger partial charge < -0.3 is 20.4 Å². The van der Waals surface area contributed by atoms with Crippen molar-refractivity contribution in [2.75, 3.05) is 12.3 Å². The second-order valence-corrected chi connectivity index (χ2v) is 7.39. The lowest BCUT2D eigenvalue weighted by Gasteiger charge is -2.32. The van der Waals surface area contributed by atoms with Crippen molar-refractivity contribution in [3.8, 4) is 0 Å². The number of carbonyl (C=O) groups is 1. The molecule has 24 heavy (non-hydrogen) atoms. The fourth-order valence-electron chi connectivity index (χ4n) is 2.56. The van der Waals surface area contributed by atoms with E-state index in [4.69, 9.17) is 15.0 Å². The summed E-state index contributed by atoms with van der Waals surface area (Å²) in [5.74, 6) is -0.0961. The smallest absolute Gasteiger partial charge is 0.400 e. The van der Waals surface area contributed by atoms with Gasteiger partial charge in [0, 0.05) is 19.2 Å². The Kier molecular flexibility index (Phi) is 5.11. The minimum absolute atomic E-state index is 0.0961. The standard InChI is InChI=1S/C18H27BN2O3/c1-12-7-14(10-16(20)8-12)9-15(11-21-13(2)22)19-23-17(3,4)18(5,6)24-19/h7-10H,11,20H2,1-6H3,(H,21,22). The van der Waals surface area contributed by atoms with Gasteiger partial charge in [-0.25, -0.2) is 0 Å². The molecular weight excluding hydrogens is 303 g/mol. The molecule has 3 N–H and O–H groups in total. The summed E-state index contributed by atoms with van der Waals surface area (Å²) in [6.07, 6.45) is 1.97. The summed E-state index contributed by atoms with van der Waals surface area (Å²) >= 11 is 0. The van der Waals surface area contributed by atoms with Gasteiger partial charge in [0.15, 0.2) is 0 Å². The molecule has 1 aromatic carbocycles. The Balaban J connectivity index is 2.35. The van der Waals surface area contributed by atoms with E-state index in [1.165, 1.54) is 6.92 Å². The van der Waals surface area contributed by atoms with E-state index in [-0.39, 0.29) is 5.91 Å². The average Bonchev–Trinajstić information content (AvgIpc) is 2.62. The number of nitrogen functional groups attached to an aromatic ring is 1. The minimum Gasteiger partial charge on any atom is -0.400 e. The molecule has 0 radical (unpaired) electrons. The van der Waals surface area contributed by atoms with Crippen molar-refractivity contribution in [3.05, 3.63) is 34.8 Å². The Morgan fingerprint density at radius 3 is 2.29 bits per heavy atom. The van der Waals surface area contributed by atoms with Gasteiger partial charge in [-0.1, -0.05) is 12.1 Å². The molecule has 1 fully saturated rings. The fourth-order valence-corrected chi connectivity index (χ4v) is 2.56. The monoisotopic (exact) mass is 330 g/mol. The van der Waals surface area contributed by atoms with Crippen LogP contribution < -0.4 is 11.1 Å². The van der Waals surface area contributed by atoms with Gasteiger partial charge >= 0.3 is 7.12 Å². The SMILES string of the molecule is CC(=O)NCC(=Cc1cc(C)cc(N)c1)B1OC(C)(C)C(C)(C)O1. The van der Waals surface area contributed by atoms with Crippen molar-refractivity contribution in [2.24, 2.45) is 0 Å². The zero-order valence-electron chi connectivity index (χ0n) is 15.4. The molecule has 1 amide bonds. The Morgan fingerprint density at radius 1 is 1.21 bits per heavy atom. The lowest BCUT2D eigenvalue weighted by Crippen LogP contribution is -2.41. The van der Waals surface area contributed by atoms with Crippen LogP contribution in [0.2, 0.25) is 0 Å². The van der Waals surface area contributed by atoms with E-state index in [1.54, 1.807) is 0 Å². The molecule has 130 valence electrons. The third-order valence-electron chi connectivity index (χ3n) is 4.57. The van der Waals surface area contributed by atoms with E-state index in [2.05, 4.69) is 5.32 Å². The number of aryl methyl sites for hydroxylation is 1. The topological polar surface area (TPSA) is 73.6 Å². The molecule has 0 aromatic heterocycles. The van der Waals surface area contributed by atoms with E-state index in [0.717, 1.165) is 16.6 Å². The largest absolute Gasteiger partial charge is 0.492 e. The lowest BCUT2D eigenvalue weighted by molar-refractivity contribution is -0.118. The Labute approximate surface area is 144 Å². The maximum atomic E-state index is 11.3. The molecule has 2 rings (SSSR count). The first kappa shape index (κ1) is 18.6. The quantitative estimate of drug-likeness (QED) is 0.658. The normalized spacial score (nSPS) is 19.4. The molecule has 0 atom stereocenters. The number of nitrogens with two attached hydrogens (primary N) is 1. The highest BCUT2D eigenvalue weighted by Crippen LogP contribution is 2.38. The number of hydrogen-bond donors (Lipinski definition) is 2. The number of hydrogen-bond acceptors (Lipinski definition) is 4. The zero-order chi connectivity index (χ0) is 18.1. The number of anilines is 1. The highest BCUT2D eigenvalue weighted by molar-refractivity contribution is 6.56. The molecule has 1 aliphatic heterocycles. The molecule has 0 bridgehead atoms. The number of carbonyl (C=O) groups excluding carboxylic acids is 1. The van der Waals surface area contributed by atoms with Gasteiger partial charge in [-0.2, -0.15) is 0 Å². The molecule has 0 saturated carbocycles. The summed E-state index contributed by atoms with van der Waals surface area (Å²) in [5, 5.41) is 2.83. The predicted octanol–water partition coefficient (Wildman–Crippen LogP) is 2.73. The predicted molar refractivity (Wildman–Crippen MR) is 98.3 cm³/mol. The van der Waals surface area contributed by atoms with Crippen molar-refractivity contribution in [3.63, 3.8) is 0 Å². The van der Waals surface area contributed by atoms with Gasteiger partial charge in [0.05, 0.1) is 11.2 Å². The van der Waals surface area contributed by atoms with Crippen LogP contribution in [0.3, 0.4) is 0 Å². The van der Waals surface area contributed by atoms with Gasteiger partial charge in [0.1, 0.15) is 0 Å². The van der Waals surface area contributed by atoms with Crippen molar-refractivity contribution in [2.45, 2.75) is 52.7 Å². The van der Waals surface area contributed by atoms with Crippen molar-refractivity contribution in [1.29, 1.82) is 0 Å². The Hall–Kier alpha value is -1.79. The Morgan fingerprint density at radius 2 is 1.79 bits per heavy atom. The zero-order valence-corrected chi connectivity index (χ0v) is 15.4. The van der Waals surface area contributed by atoms with E-state index in [0.29, 0.717) is 12.2 Å². The van der Waals surface area contributed by atoms with Crippen LogP contribution in [0.4, 0.5) is 5.69 Å². The van der Waals surface area contributed by atoms with E-state index in [9.17, 15) is 4.79 Å². The summed E-state index contributed by atoms with van der Waals surface area (Å²) in [6, 6.07) is 5.85. The number of nitrogens with one attached hydrogen (secondary N) is 1. The summed E-state index contributed by atoms with van der Waals surface area (Å²) in [4.78, 5) is 11.3. The third-order valence-corrected chi connectivity index (χ3v) is 4.57. The van der Waals surface area contributed by atoms with Crippen LogP contribution >= 0.6 is 0 Å². The molecule has 6 heteroatoms. The maximum Gasteiger partial charge on any atom is 0.492 e. The molecule has 0 spiro atoms. The van der Waals surface area contributed by atoms with Crippen LogP contribution in [0.15, 0.2) is 23.7 Å². The molecule has 1 aliphatic rings. The number of rotatable bonds is 4. The van der Waals surface area contributed by atoms with Crippen molar-refractivity contribution < 1.29 is 14.1 Å². The molecule has 0 unspecified atom stereocenters. The average molecular weight is 330 g/mol. The third kappa shape index (κ3) is 4.19. The van der Waals surface area contributed by atoms with Crippen LogP contribution in [-0.4, -0.2) is 30.8 Å². The van der Waals surface area contributed by atoms with Gasteiger partial charge in [-0.15, -0.1) is 0 Å². The first-order valence-electron chi connectivity index (χ1n) is 8.18. The van der Waals surface area contributed by atoms with Crippen LogP contribution in [-0.2, 0) is 14.1 Å². The van der Waals surface area contributed by atoms with Gasteiger partial charge in [0.2, 0.25) is 5.91 Å². The summed E-state index contributed by atoms with van der Waals surface area (Å²) < 4.78 is 12.2. The van der Waals surface area contributed by atoms with E-state index in [1.807, 2.05) is 58.9 Å². The number of benzene rings is 1. The van der Waals surface area contributed by atoms with Crippen molar-refractivity contribution in [1.82, 2.24) is 5.32 Å². The van der Waals surface area contributed by atoms with Gasteiger partial charge in [-0.3, -0.25) is 4.79 Å². The molecule has 1 heterocycles. The molecule has 1 saturated heterocycles. The molecular formula is C18H27BN2O3. The van der Waals surface area contributed by atoms with Crippen molar-refractivity contribution >= 4 is 24.8 Å². The summed E-state index contributed by atoms with van der Waals surface area (Å²) in [7, 11) is -0.511. The first-order valence-corrected chi connectivity index (χ1v) is 8.18. The summed E-state index contributed by atoms with van der Waals surface area (Å²) in [6.45, 7) is 11.9. The highest BCUT2D eigenvalue weighted by Gasteiger charge is 2.52. The maximum absolute atomic E-state index is 11.3. The minimum atomic E-state index is -0.511. The van der Waals surface area contributed by atoms with E-state index >= 15 is 0 Å². The molecule has 1 aromatic rings. The Bertz CT molecular complexity index is 632. The van der Waals surface area contributed by atoms with Crippen LogP contribution in [0.5, 0.6) is 0 Å². The van der Waals surface area contributed by atoms with Gasteiger partial charge in [0.25, 0.3) is 0 Å². The van der Waals surface area contributed by atoms with Crippen LogP contribution in [0.1, 0.15) is 45.7 Å². The highest BCUT2D eigenvalue weighted by atomic mass is 16.7. The second kappa shape index (κ2) is 6.61. The fraction of sp³-hybridized carbons (Fsp3) is 0.500.